The highest BCUT2D eigenvalue weighted by Gasteiger charge is 2.38. The molecule has 1 aromatic heterocycles. The van der Waals surface area contributed by atoms with Crippen LogP contribution in [-0.2, 0) is 21.6 Å². The number of nitrogens with zero attached hydrogens (tertiary/aromatic N) is 2. The molecule has 1 aliphatic heterocycles. The molecule has 0 aliphatic carbocycles. The molecule has 2 heterocycles. The SMILES string of the molecule is Cc1csc(CN2CC(S(=O)(=O)F)CC2=O)n1. The van der Waals surface area contributed by atoms with E-state index in [1.54, 1.807) is 0 Å². The molecule has 0 bridgehead atoms. The number of carbonyl (C=O) groups is 1. The Labute approximate surface area is 102 Å². The van der Waals surface area contributed by atoms with Crippen LogP contribution in [0.5, 0.6) is 0 Å². The van der Waals surface area contributed by atoms with Crippen LogP contribution < -0.4 is 0 Å². The Bertz CT molecular complexity index is 540. The molecule has 17 heavy (non-hydrogen) atoms. The van der Waals surface area contributed by atoms with Crippen LogP contribution >= 0.6 is 11.3 Å². The summed E-state index contributed by atoms with van der Waals surface area (Å²) >= 11 is 1.40. The summed E-state index contributed by atoms with van der Waals surface area (Å²) in [6, 6.07) is 0. The highest BCUT2D eigenvalue weighted by atomic mass is 32.3. The highest BCUT2D eigenvalue weighted by Crippen LogP contribution is 2.22. The van der Waals surface area contributed by atoms with E-state index in [4.69, 9.17) is 0 Å². The van der Waals surface area contributed by atoms with Crippen LogP contribution in [0, 0.1) is 6.92 Å². The maximum atomic E-state index is 12.8. The molecule has 1 atom stereocenters. The third kappa shape index (κ3) is 2.81. The van der Waals surface area contributed by atoms with Gasteiger partial charge in [-0.15, -0.1) is 15.2 Å². The molecule has 1 unspecified atom stereocenters. The normalized spacial score (nSPS) is 21.2. The van der Waals surface area contributed by atoms with E-state index in [2.05, 4.69) is 4.98 Å². The molecule has 0 radical (unpaired) electrons. The maximum Gasteiger partial charge on any atom is 0.307 e. The summed E-state index contributed by atoms with van der Waals surface area (Å²) in [5, 5.41) is 1.35. The zero-order chi connectivity index (χ0) is 12.6. The van der Waals surface area contributed by atoms with Gasteiger partial charge in [-0.25, -0.2) is 4.98 Å². The van der Waals surface area contributed by atoms with Crippen molar-refractivity contribution >= 4 is 27.5 Å². The van der Waals surface area contributed by atoms with E-state index >= 15 is 0 Å². The number of likely N-dealkylation sites (tertiary alicyclic amines) is 1. The predicted octanol–water partition coefficient (Wildman–Crippen LogP) is 0.852. The van der Waals surface area contributed by atoms with Gasteiger partial charge in [-0.05, 0) is 6.92 Å². The zero-order valence-electron chi connectivity index (χ0n) is 9.09. The van der Waals surface area contributed by atoms with Gasteiger partial charge in [0, 0.05) is 24.0 Å². The Morgan fingerprint density at radius 2 is 2.35 bits per heavy atom. The molecule has 8 heteroatoms. The molecule has 0 aromatic carbocycles. The van der Waals surface area contributed by atoms with Crippen LogP contribution in [0.1, 0.15) is 17.1 Å². The number of thiazole rings is 1. The van der Waals surface area contributed by atoms with Gasteiger partial charge in [0.05, 0.1) is 6.54 Å². The second-order valence-corrected chi connectivity index (χ2v) is 6.52. The van der Waals surface area contributed by atoms with Gasteiger partial charge in [0.25, 0.3) is 0 Å². The molecule has 5 nitrogen and oxygen atoms in total. The van der Waals surface area contributed by atoms with Crippen molar-refractivity contribution in [2.75, 3.05) is 6.54 Å². The standard InChI is InChI=1S/C9H11FN2O3S2/c1-6-5-16-8(11-6)4-12-3-7(2-9(12)13)17(10,14)15/h5,7H,2-4H2,1H3. The lowest BCUT2D eigenvalue weighted by Crippen LogP contribution is -2.26. The Morgan fingerprint density at radius 3 is 2.82 bits per heavy atom. The topological polar surface area (TPSA) is 67.3 Å². The molecule has 2 rings (SSSR count). The third-order valence-corrected chi connectivity index (χ3v) is 4.63. The summed E-state index contributed by atoms with van der Waals surface area (Å²) in [7, 11) is -4.63. The van der Waals surface area contributed by atoms with Gasteiger partial charge in [0.15, 0.2) is 0 Å². The van der Waals surface area contributed by atoms with Gasteiger partial charge in [0.1, 0.15) is 10.3 Å². The number of hydrogen-bond acceptors (Lipinski definition) is 5. The van der Waals surface area contributed by atoms with Crippen molar-refractivity contribution < 1.29 is 17.1 Å². The minimum atomic E-state index is -4.63. The van der Waals surface area contributed by atoms with E-state index in [1.165, 1.54) is 16.2 Å². The molecule has 1 fully saturated rings. The molecule has 0 spiro atoms. The summed E-state index contributed by atoms with van der Waals surface area (Å²) < 4.78 is 34.2. The summed E-state index contributed by atoms with van der Waals surface area (Å²) in [6.07, 6.45) is -0.275. The lowest BCUT2D eigenvalue weighted by Gasteiger charge is -2.13. The highest BCUT2D eigenvalue weighted by molar-refractivity contribution is 7.87. The molecule has 94 valence electrons. The molecule has 1 aliphatic rings. The molecular formula is C9H11FN2O3S2. The van der Waals surface area contributed by atoms with Crippen molar-refractivity contribution in [3.63, 3.8) is 0 Å². The first-order valence-electron chi connectivity index (χ1n) is 4.98. The van der Waals surface area contributed by atoms with Gasteiger partial charge < -0.3 is 4.90 Å². The number of amides is 1. The van der Waals surface area contributed by atoms with Crippen molar-refractivity contribution in [1.29, 1.82) is 0 Å². The summed E-state index contributed by atoms with van der Waals surface area (Å²) in [6.45, 7) is 2.00. The second kappa shape index (κ2) is 4.34. The quantitative estimate of drug-likeness (QED) is 0.769. The Balaban J connectivity index is 2.07. The zero-order valence-corrected chi connectivity index (χ0v) is 10.7. The van der Waals surface area contributed by atoms with Crippen LogP contribution in [0.4, 0.5) is 3.89 Å². The van der Waals surface area contributed by atoms with E-state index in [9.17, 15) is 17.1 Å². The number of carbonyl (C=O) groups excluding carboxylic acids is 1. The van der Waals surface area contributed by atoms with Gasteiger partial charge in [0.2, 0.25) is 5.91 Å². The summed E-state index contributed by atoms with van der Waals surface area (Å²) in [5.41, 5.74) is 0.853. The summed E-state index contributed by atoms with van der Waals surface area (Å²) in [5.74, 6) is -0.343. The van der Waals surface area contributed by atoms with E-state index in [1.807, 2.05) is 12.3 Å². The Hall–Kier alpha value is -1.02. The fourth-order valence-electron chi connectivity index (χ4n) is 1.72. The van der Waals surface area contributed by atoms with Gasteiger partial charge >= 0.3 is 10.2 Å². The van der Waals surface area contributed by atoms with Crippen LogP contribution in [0.15, 0.2) is 5.38 Å². The molecule has 0 N–H and O–H groups in total. The average Bonchev–Trinajstić information content (AvgIpc) is 2.74. The lowest BCUT2D eigenvalue weighted by molar-refractivity contribution is -0.128. The van der Waals surface area contributed by atoms with Crippen molar-refractivity contribution in [2.45, 2.75) is 25.1 Å². The Kier molecular flexibility index (Phi) is 3.17. The minimum Gasteiger partial charge on any atom is -0.334 e. The fraction of sp³-hybridized carbons (Fsp3) is 0.556. The van der Waals surface area contributed by atoms with E-state index < -0.39 is 15.5 Å². The number of aryl methyl sites for hydroxylation is 1. The molecule has 1 amide bonds. The van der Waals surface area contributed by atoms with Gasteiger partial charge in [-0.3, -0.25) is 4.79 Å². The predicted molar refractivity (Wildman–Crippen MR) is 60.7 cm³/mol. The largest absolute Gasteiger partial charge is 0.334 e. The monoisotopic (exact) mass is 278 g/mol. The van der Waals surface area contributed by atoms with Crippen molar-refractivity contribution in [1.82, 2.24) is 9.88 Å². The summed E-state index contributed by atoms with van der Waals surface area (Å²) in [4.78, 5) is 17.0. The van der Waals surface area contributed by atoms with E-state index in [0.717, 1.165) is 10.7 Å². The van der Waals surface area contributed by atoms with E-state index in [0.29, 0.717) is 0 Å². The number of halogens is 1. The fourth-order valence-corrected chi connectivity index (χ4v) is 3.20. The van der Waals surface area contributed by atoms with Gasteiger partial charge in [-0.2, -0.15) is 8.42 Å². The Morgan fingerprint density at radius 1 is 1.65 bits per heavy atom. The smallest absolute Gasteiger partial charge is 0.307 e. The van der Waals surface area contributed by atoms with Crippen LogP contribution in [0.3, 0.4) is 0 Å². The first-order chi connectivity index (χ1) is 7.86. The van der Waals surface area contributed by atoms with Crippen molar-refractivity contribution in [3.8, 4) is 0 Å². The molecule has 1 aromatic rings. The number of rotatable bonds is 3. The van der Waals surface area contributed by atoms with E-state index in [-0.39, 0.29) is 25.4 Å². The minimum absolute atomic E-state index is 0.0870. The molecule has 0 saturated carbocycles. The van der Waals surface area contributed by atoms with Crippen molar-refractivity contribution in [2.24, 2.45) is 0 Å². The van der Waals surface area contributed by atoms with Crippen LogP contribution in [0.2, 0.25) is 0 Å². The number of hydrogen-bond donors (Lipinski definition) is 0. The first-order valence-corrected chi connectivity index (χ1v) is 7.31. The molecule has 1 saturated heterocycles. The molecular weight excluding hydrogens is 267 g/mol. The maximum absolute atomic E-state index is 12.8. The second-order valence-electron chi connectivity index (χ2n) is 3.96. The van der Waals surface area contributed by atoms with Crippen LogP contribution in [-0.4, -0.2) is 36.0 Å². The first kappa shape index (κ1) is 12.4. The van der Waals surface area contributed by atoms with Crippen molar-refractivity contribution in [3.05, 3.63) is 16.1 Å². The van der Waals surface area contributed by atoms with Crippen LogP contribution in [0.25, 0.3) is 0 Å². The third-order valence-electron chi connectivity index (χ3n) is 2.57. The number of aromatic nitrogens is 1. The lowest BCUT2D eigenvalue weighted by atomic mass is 10.4. The van der Waals surface area contributed by atoms with Gasteiger partial charge in [-0.1, -0.05) is 0 Å². The average molecular weight is 278 g/mol.